The zero-order valence-electron chi connectivity index (χ0n) is 17.2. The Morgan fingerprint density at radius 1 is 1.17 bits per heavy atom. The van der Waals surface area contributed by atoms with E-state index in [4.69, 9.17) is 4.52 Å². The number of piperazine rings is 1. The standard InChI is InChI=1S/C20H29N5O3S.HI/c1-2-21-20(22-10-6-16-29(26,27)19-7-4-3-5-8-19)25-13-11-24(12-14-25)17-18-9-15-28-23-18;/h3-5,7-9,15H,2,6,10-14,16-17H2,1H3,(H,21,22);1H. The quantitative estimate of drug-likeness (QED) is 0.235. The van der Waals surface area contributed by atoms with Crippen LogP contribution in [0.1, 0.15) is 19.0 Å². The largest absolute Gasteiger partial charge is 0.364 e. The van der Waals surface area contributed by atoms with E-state index in [1.807, 2.05) is 19.1 Å². The van der Waals surface area contributed by atoms with Crippen LogP contribution in [0.15, 0.2) is 57.1 Å². The second kappa shape index (κ2) is 12.3. The van der Waals surface area contributed by atoms with E-state index in [1.54, 1.807) is 30.5 Å². The Kier molecular flexibility index (Phi) is 10.1. The summed E-state index contributed by atoms with van der Waals surface area (Å²) >= 11 is 0. The number of aromatic nitrogens is 1. The number of halogens is 1. The third kappa shape index (κ3) is 7.24. The SMILES string of the molecule is CCNC(=NCCCS(=O)(=O)c1ccccc1)N1CCN(Cc2ccon2)CC1.I. The van der Waals surface area contributed by atoms with Gasteiger partial charge >= 0.3 is 0 Å². The van der Waals surface area contributed by atoms with E-state index >= 15 is 0 Å². The molecule has 0 atom stereocenters. The van der Waals surface area contributed by atoms with Crippen molar-refractivity contribution in [1.82, 2.24) is 20.3 Å². The maximum Gasteiger partial charge on any atom is 0.194 e. The first-order valence-electron chi connectivity index (χ1n) is 10.0. The highest BCUT2D eigenvalue weighted by atomic mass is 127. The molecule has 3 rings (SSSR count). The van der Waals surface area contributed by atoms with Gasteiger partial charge in [0.1, 0.15) is 6.26 Å². The highest BCUT2D eigenvalue weighted by Gasteiger charge is 2.20. The predicted octanol–water partition coefficient (Wildman–Crippen LogP) is 2.24. The van der Waals surface area contributed by atoms with E-state index in [0.29, 0.717) is 17.9 Å². The minimum Gasteiger partial charge on any atom is -0.364 e. The second-order valence-electron chi connectivity index (χ2n) is 6.98. The lowest BCUT2D eigenvalue weighted by Gasteiger charge is -2.36. The highest BCUT2D eigenvalue weighted by molar-refractivity contribution is 14.0. The van der Waals surface area contributed by atoms with Crippen LogP contribution in [-0.2, 0) is 16.4 Å². The molecule has 8 nitrogen and oxygen atoms in total. The number of nitrogens with zero attached hydrogens (tertiary/aromatic N) is 4. The molecule has 1 fully saturated rings. The average molecular weight is 547 g/mol. The van der Waals surface area contributed by atoms with Gasteiger partial charge in [0.25, 0.3) is 0 Å². The first-order chi connectivity index (χ1) is 14.1. The van der Waals surface area contributed by atoms with Crippen molar-refractivity contribution < 1.29 is 12.9 Å². The first-order valence-corrected chi connectivity index (χ1v) is 11.7. The molecule has 2 heterocycles. The molecule has 0 spiro atoms. The Hall–Kier alpha value is -1.66. The summed E-state index contributed by atoms with van der Waals surface area (Å²) in [6.45, 7) is 7.65. The van der Waals surface area contributed by atoms with E-state index in [1.165, 1.54) is 0 Å². The molecule has 1 saturated heterocycles. The van der Waals surface area contributed by atoms with Gasteiger partial charge in [0, 0.05) is 51.9 Å². The van der Waals surface area contributed by atoms with Crippen LogP contribution in [0.2, 0.25) is 0 Å². The van der Waals surface area contributed by atoms with Gasteiger partial charge in [-0.3, -0.25) is 9.89 Å². The number of aliphatic imine (C=N–C) groups is 1. The molecule has 0 amide bonds. The lowest BCUT2D eigenvalue weighted by molar-refractivity contribution is 0.169. The molecule has 1 aliphatic heterocycles. The maximum absolute atomic E-state index is 12.4. The maximum atomic E-state index is 12.4. The summed E-state index contributed by atoms with van der Waals surface area (Å²) in [7, 11) is -3.25. The Bertz CT molecular complexity index is 867. The van der Waals surface area contributed by atoms with Crippen LogP contribution in [0.5, 0.6) is 0 Å². The van der Waals surface area contributed by atoms with Crippen molar-refractivity contribution in [2.75, 3.05) is 45.0 Å². The van der Waals surface area contributed by atoms with Gasteiger partial charge in [0.2, 0.25) is 0 Å². The fourth-order valence-electron chi connectivity index (χ4n) is 3.28. The summed E-state index contributed by atoms with van der Waals surface area (Å²) in [6, 6.07) is 10.5. The predicted molar refractivity (Wildman–Crippen MR) is 128 cm³/mol. The molecule has 30 heavy (non-hydrogen) atoms. The summed E-state index contributed by atoms with van der Waals surface area (Å²) in [4.78, 5) is 9.60. The Morgan fingerprint density at radius 3 is 2.53 bits per heavy atom. The van der Waals surface area contributed by atoms with E-state index in [-0.39, 0.29) is 29.7 Å². The number of hydrogen-bond acceptors (Lipinski definition) is 6. The average Bonchev–Trinajstić information content (AvgIpc) is 3.25. The normalized spacial score (nSPS) is 15.6. The summed E-state index contributed by atoms with van der Waals surface area (Å²) in [5.41, 5.74) is 0.943. The molecule has 0 bridgehead atoms. The molecule has 0 aliphatic carbocycles. The third-order valence-electron chi connectivity index (χ3n) is 4.82. The molecule has 1 aliphatic rings. The van der Waals surface area contributed by atoms with Crippen LogP contribution in [0.4, 0.5) is 0 Å². The Labute approximate surface area is 195 Å². The van der Waals surface area contributed by atoms with Gasteiger partial charge in [-0.1, -0.05) is 23.4 Å². The number of sulfone groups is 1. The zero-order valence-corrected chi connectivity index (χ0v) is 20.4. The summed E-state index contributed by atoms with van der Waals surface area (Å²) in [6.07, 6.45) is 2.09. The van der Waals surface area contributed by atoms with Gasteiger partial charge in [-0.05, 0) is 25.5 Å². The van der Waals surface area contributed by atoms with Crippen molar-refractivity contribution in [3.63, 3.8) is 0 Å². The zero-order chi connectivity index (χ0) is 20.5. The van der Waals surface area contributed by atoms with Gasteiger partial charge < -0.3 is 14.7 Å². The number of guanidine groups is 1. The smallest absolute Gasteiger partial charge is 0.194 e. The second-order valence-corrected chi connectivity index (χ2v) is 9.08. The lowest BCUT2D eigenvalue weighted by atomic mass is 10.3. The van der Waals surface area contributed by atoms with Crippen LogP contribution >= 0.6 is 24.0 Å². The Balaban J connectivity index is 0.00000320. The number of benzene rings is 1. The van der Waals surface area contributed by atoms with Crippen molar-refractivity contribution >= 4 is 39.8 Å². The van der Waals surface area contributed by atoms with Crippen LogP contribution in [0.3, 0.4) is 0 Å². The molecule has 166 valence electrons. The number of hydrogen-bond donors (Lipinski definition) is 1. The summed E-state index contributed by atoms with van der Waals surface area (Å²) in [5, 5.41) is 7.29. The summed E-state index contributed by atoms with van der Waals surface area (Å²) in [5.74, 6) is 0.955. The van der Waals surface area contributed by atoms with Crippen molar-refractivity contribution in [2.45, 2.75) is 24.8 Å². The molecule has 1 aromatic carbocycles. The van der Waals surface area contributed by atoms with Crippen molar-refractivity contribution in [3.05, 3.63) is 48.4 Å². The molecule has 1 N–H and O–H groups in total. The molecule has 0 unspecified atom stereocenters. The molecule has 2 aromatic rings. The number of nitrogens with one attached hydrogen (secondary N) is 1. The third-order valence-corrected chi connectivity index (χ3v) is 6.64. The molecule has 1 aromatic heterocycles. The minimum absolute atomic E-state index is 0. The van der Waals surface area contributed by atoms with Crippen LogP contribution in [0, 0.1) is 0 Å². The van der Waals surface area contributed by atoms with Crippen LogP contribution in [0.25, 0.3) is 0 Å². The summed E-state index contributed by atoms with van der Waals surface area (Å²) < 4.78 is 29.7. The van der Waals surface area contributed by atoms with Gasteiger partial charge in [0.15, 0.2) is 15.8 Å². The van der Waals surface area contributed by atoms with Gasteiger partial charge in [0.05, 0.1) is 16.3 Å². The lowest BCUT2D eigenvalue weighted by Crippen LogP contribution is -2.52. The number of rotatable bonds is 8. The van der Waals surface area contributed by atoms with E-state index in [0.717, 1.165) is 50.9 Å². The van der Waals surface area contributed by atoms with Crippen molar-refractivity contribution in [1.29, 1.82) is 0 Å². The van der Waals surface area contributed by atoms with E-state index in [2.05, 4.69) is 25.3 Å². The van der Waals surface area contributed by atoms with Crippen molar-refractivity contribution in [3.8, 4) is 0 Å². The van der Waals surface area contributed by atoms with E-state index in [9.17, 15) is 8.42 Å². The molecule has 0 radical (unpaired) electrons. The fraction of sp³-hybridized carbons (Fsp3) is 0.500. The highest BCUT2D eigenvalue weighted by Crippen LogP contribution is 2.11. The molecular weight excluding hydrogens is 517 g/mol. The minimum atomic E-state index is -3.25. The van der Waals surface area contributed by atoms with E-state index < -0.39 is 9.84 Å². The molecular formula is C20H30IN5O3S. The molecule has 0 saturated carbocycles. The fourth-order valence-corrected chi connectivity index (χ4v) is 4.59. The van der Waals surface area contributed by atoms with Gasteiger partial charge in [-0.2, -0.15) is 0 Å². The van der Waals surface area contributed by atoms with Crippen molar-refractivity contribution in [2.24, 2.45) is 4.99 Å². The van der Waals surface area contributed by atoms with Gasteiger partial charge in [-0.25, -0.2) is 8.42 Å². The van der Waals surface area contributed by atoms with Crippen LogP contribution < -0.4 is 5.32 Å². The topological polar surface area (TPSA) is 91.0 Å². The monoisotopic (exact) mass is 547 g/mol. The Morgan fingerprint density at radius 2 is 1.90 bits per heavy atom. The first kappa shape index (κ1) is 24.6. The van der Waals surface area contributed by atoms with Crippen LogP contribution in [-0.4, -0.2) is 74.4 Å². The molecule has 10 heteroatoms. The van der Waals surface area contributed by atoms with Gasteiger partial charge in [-0.15, -0.1) is 24.0 Å².